The number of halogens is 1. The molecule has 2 N–H and O–H groups in total. The Hall–Kier alpha value is 0.0600. The van der Waals surface area contributed by atoms with Crippen molar-refractivity contribution in [1.82, 2.24) is 4.90 Å². The van der Waals surface area contributed by atoms with Crippen molar-refractivity contribution in [2.45, 2.75) is 12.5 Å². The normalized spacial score (nSPS) is 13.3. The highest BCUT2D eigenvalue weighted by Gasteiger charge is 2.16. The van der Waals surface area contributed by atoms with Gasteiger partial charge in [-0.05, 0) is 35.5 Å². The molecular weight excluding hydrogens is 288 g/mol. The zero-order valence-corrected chi connectivity index (χ0v) is 12.2. The average Bonchev–Trinajstić information content (AvgIpc) is 2.66. The van der Waals surface area contributed by atoms with Crippen LogP contribution in [0.5, 0.6) is 0 Å². The Morgan fingerprint density at radius 1 is 1.62 bits per heavy atom. The zero-order valence-electron chi connectivity index (χ0n) is 9.78. The van der Waals surface area contributed by atoms with Crippen molar-refractivity contribution in [2.75, 3.05) is 33.9 Å². The monoisotopic (exact) mass is 306 g/mol. The summed E-state index contributed by atoms with van der Waals surface area (Å²) in [5.41, 5.74) is 5.84. The molecule has 0 spiro atoms. The van der Waals surface area contributed by atoms with Gasteiger partial charge in [-0.2, -0.15) is 0 Å². The molecule has 16 heavy (non-hydrogen) atoms. The Labute approximate surface area is 110 Å². The van der Waals surface area contributed by atoms with E-state index in [4.69, 9.17) is 10.5 Å². The van der Waals surface area contributed by atoms with E-state index >= 15 is 0 Å². The third-order valence-corrected chi connectivity index (χ3v) is 4.33. The molecular formula is C11H19BrN2OS. The molecule has 1 aromatic rings. The van der Waals surface area contributed by atoms with E-state index in [2.05, 4.69) is 39.3 Å². The second-order valence-electron chi connectivity index (χ2n) is 3.75. The van der Waals surface area contributed by atoms with Crippen LogP contribution in [0.15, 0.2) is 15.9 Å². The predicted molar refractivity (Wildman–Crippen MR) is 72.9 cm³/mol. The lowest BCUT2D eigenvalue weighted by Gasteiger charge is -2.25. The van der Waals surface area contributed by atoms with Gasteiger partial charge in [0.25, 0.3) is 0 Å². The van der Waals surface area contributed by atoms with E-state index < -0.39 is 0 Å². The van der Waals surface area contributed by atoms with Gasteiger partial charge >= 0.3 is 0 Å². The highest BCUT2D eigenvalue weighted by molar-refractivity contribution is 9.10. The van der Waals surface area contributed by atoms with Crippen molar-refractivity contribution in [3.8, 4) is 0 Å². The molecule has 0 aliphatic rings. The van der Waals surface area contributed by atoms with Crippen molar-refractivity contribution in [2.24, 2.45) is 5.73 Å². The van der Waals surface area contributed by atoms with Crippen molar-refractivity contribution in [3.63, 3.8) is 0 Å². The van der Waals surface area contributed by atoms with E-state index in [1.807, 2.05) is 0 Å². The van der Waals surface area contributed by atoms with E-state index in [-0.39, 0.29) is 0 Å². The lowest BCUT2D eigenvalue weighted by Crippen LogP contribution is -2.31. The molecule has 0 aliphatic carbocycles. The third kappa shape index (κ3) is 4.14. The minimum absolute atomic E-state index is 0.313. The minimum Gasteiger partial charge on any atom is -0.385 e. The van der Waals surface area contributed by atoms with Crippen LogP contribution in [0.4, 0.5) is 0 Å². The van der Waals surface area contributed by atoms with Gasteiger partial charge in [0.15, 0.2) is 0 Å². The maximum Gasteiger partial charge on any atom is 0.0562 e. The van der Waals surface area contributed by atoms with Gasteiger partial charge in [0.2, 0.25) is 0 Å². The Balaban J connectivity index is 2.53. The summed E-state index contributed by atoms with van der Waals surface area (Å²) in [6, 6.07) is 2.46. The summed E-state index contributed by atoms with van der Waals surface area (Å²) < 4.78 is 6.19. The number of hydrogen-bond acceptors (Lipinski definition) is 4. The van der Waals surface area contributed by atoms with Crippen LogP contribution in [0.3, 0.4) is 0 Å². The zero-order chi connectivity index (χ0) is 12.0. The van der Waals surface area contributed by atoms with Crippen molar-refractivity contribution < 1.29 is 4.74 Å². The lowest BCUT2D eigenvalue weighted by molar-refractivity contribution is 0.167. The molecule has 0 saturated carbocycles. The highest BCUT2D eigenvalue weighted by Crippen LogP contribution is 2.28. The van der Waals surface area contributed by atoms with Crippen LogP contribution < -0.4 is 5.73 Å². The Morgan fingerprint density at radius 3 is 2.88 bits per heavy atom. The molecule has 1 rings (SSSR count). The van der Waals surface area contributed by atoms with Gasteiger partial charge in [-0.1, -0.05) is 0 Å². The highest BCUT2D eigenvalue weighted by atomic mass is 79.9. The average molecular weight is 307 g/mol. The molecule has 0 saturated heterocycles. The molecule has 1 heterocycles. The number of thiophene rings is 1. The van der Waals surface area contributed by atoms with Crippen LogP contribution in [-0.4, -0.2) is 38.8 Å². The summed E-state index contributed by atoms with van der Waals surface area (Å²) in [7, 11) is 3.84. The number of ether oxygens (including phenoxy) is 1. The first-order valence-corrected chi connectivity index (χ1v) is 6.99. The van der Waals surface area contributed by atoms with Gasteiger partial charge in [0.1, 0.15) is 0 Å². The second-order valence-corrected chi connectivity index (χ2v) is 5.60. The van der Waals surface area contributed by atoms with Crippen LogP contribution in [0.2, 0.25) is 0 Å². The molecule has 0 amide bonds. The molecule has 0 bridgehead atoms. The van der Waals surface area contributed by atoms with Crippen LogP contribution in [-0.2, 0) is 4.74 Å². The minimum atomic E-state index is 0.313. The maximum atomic E-state index is 5.84. The topological polar surface area (TPSA) is 38.5 Å². The maximum absolute atomic E-state index is 5.84. The van der Waals surface area contributed by atoms with Crippen LogP contribution in [0.25, 0.3) is 0 Å². The summed E-state index contributed by atoms with van der Waals surface area (Å²) in [5.74, 6) is 0. The molecule has 1 aromatic heterocycles. The van der Waals surface area contributed by atoms with Gasteiger partial charge < -0.3 is 10.5 Å². The van der Waals surface area contributed by atoms with Crippen molar-refractivity contribution >= 4 is 27.3 Å². The van der Waals surface area contributed by atoms with Gasteiger partial charge in [-0.25, -0.2) is 0 Å². The van der Waals surface area contributed by atoms with Crippen molar-refractivity contribution in [3.05, 3.63) is 20.8 Å². The van der Waals surface area contributed by atoms with Crippen LogP contribution in [0.1, 0.15) is 17.3 Å². The molecule has 1 unspecified atom stereocenters. The van der Waals surface area contributed by atoms with E-state index in [1.165, 1.54) is 4.88 Å². The van der Waals surface area contributed by atoms with Gasteiger partial charge in [-0.3, -0.25) is 4.90 Å². The van der Waals surface area contributed by atoms with Crippen LogP contribution >= 0.6 is 27.3 Å². The molecule has 0 fully saturated rings. The standard InChI is InChI=1S/C11H19BrN2OS/c1-14(4-3-5-15-2)10(7-13)11-6-9(12)8-16-11/h6,8,10H,3-5,7,13H2,1-2H3. The second kappa shape index (κ2) is 7.40. The largest absolute Gasteiger partial charge is 0.385 e. The summed E-state index contributed by atoms with van der Waals surface area (Å²) in [6.45, 7) is 2.46. The first kappa shape index (κ1) is 14.1. The summed E-state index contributed by atoms with van der Waals surface area (Å²) in [5, 5.41) is 2.10. The molecule has 5 heteroatoms. The first-order valence-electron chi connectivity index (χ1n) is 5.32. The SMILES string of the molecule is COCCCN(C)C(CN)c1cc(Br)cs1. The summed E-state index contributed by atoms with van der Waals surface area (Å²) in [4.78, 5) is 3.60. The van der Waals surface area contributed by atoms with Gasteiger partial charge in [0, 0.05) is 41.5 Å². The Kier molecular flexibility index (Phi) is 6.53. The number of methoxy groups -OCH3 is 1. The molecule has 92 valence electrons. The number of hydrogen-bond donors (Lipinski definition) is 1. The molecule has 3 nitrogen and oxygen atoms in total. The predicted octanol–water partition coefficient (Wildman–Crippen LogP) is 2.48. The van der Waals surface area contributed by atoms with E-state index in [9.17, 15) is 0 Å². The number of nitrogens with two attached hydrogens (primary N) is 1. The summed E-state index contributed by atoms with van der Waals surface area (Å²) >= 11 is 5.22. The third-order valence-electron chi connectivity index (χ3n) is 2.53. The number of likely N-dealkylation sites (N-methyl/N-ethyl adjacent to an activating group) is 1. The molecule has 0 aliphatic heterocycles. The lowest BCUT2D eigenvalue weighted by atomic mass is 10.2. The molecule has 1 atom stereocenters. The van der Waals surface area contributed by atoms with E-state index in [0.717, 1.165) is 24.0 Å². The van der Waals surface area contributed by atoms with Gasteiger partial charge in [0.05, 0.1) is 6.04 Å². The first-order chi connectivity index (χ1) is 7.69. The van der Waals surface area contributed by atoms with Crippen molar-refractivity contribution in [1.29, 1.82) is 0 Å². The van der Waals surface area contributed by atoms with E-state index in [0.29, 0.717) is 12.6 Å². The fourth-order valence-corrected chi connectivity index (χ4v) is 3.25. The Morgan fingerprint density at radius 2 is 2.38 bits per heavy atom. The fourth-order valence-electron chi connectivity index (χ4n) is 1.63. The molecule has 0 aromatic carbocycles. The molecule has 0 radical (unpaired) electrons. The quantitative estimate of drug-likeness (QED) is 0.787. The summed E-state index contributed by atoms with van der Waals surface area (Å²) in [6.07, 6.45) is 1.04. The van der Waals surface area contributed by atoms with Gasteiger partial charge in [-0.15, -0.1) is 11.3 Å². The van der Waals surface area contributed by atoms with E-state index in [1.54, 1.807) is 18.4 Å². The van der Waals surface area contributed by atoms with Crippen LogP contribution in [0, 0.1) is 0 Å². The fraction of sp³-hybridized carbons (Fsp3) is 0.636. The number of rotatable bonds is 7. The Bertz CT molecular complexity index is 306. The number of nitrogens with zero attached hydrogens (tertiary/aromatic N) is 1. The smallest absolute Gasteiger partial charge is 0.0562 e.